The quantitative estimate of drug-likeness (QED) is 0.136. The Morgan fingerprint density at radius 3 is 1.73 bits per heavy atom. The van der Waals surface area contributed by atoms with Crippen LogP contribution in [0.3, 0.4) is 0 Å². The van der Waals surface area contributed by atoms with Gasteiger partial charge in [-0.1, -0.05) is 176 Å². The van der Waals surface area contributed by atoms with Crippen LogP contribution < -0.4 is 15.9 Å². The van der Waals surface area contributed by atoms with E-state index in [0.29, 0.717) is 0 Å². The molecule has 238 valence electrons. The molecule has 0 N–H and O–H groups in total. The minimum absolute atomic E-state index is 0.863. The molecule has 0 fully saturated rings. The third-order valence-electron chi connectivity index (χ3n) is 11.0. The number of para-hydroxylation sites is 1. The molecule has 1 aromatic heterocycles. The third kappa shape index (κ3) is 3.80. The van der Waals surface area contributed by atoms with E-state index in [9.17, 15) is 0 Å². The maximum atomic E-state index is 16.2. The summed E-state index contributed by atoms with van der Waals surface area (Å²) in [7, 11) is -3.28. The van der Waals surface area contributed by atoms with E-state index in [1.165, 1.54) is 32.7 Å². The zero-order valence-electron chi connectivity index (χ0n) is 27.6. The molecule has 2 heterocycles. The van der Waals surface area contributed by atoms with Crippen molar-refractivity contribution < 1.29 is 4.57 Å². The Morgan fingerprint density at radius 1 is 0.392 bits per heavy atom. The van der Waals surface area contributed by atoms with E-state index in [1.807, 2.05) is 36.4 Å². The van der Waals surface area contributed by atoms with E-state index in [0.717, 1.165) is 65.3 Å². The zero-order valence-corrected chi connectivity index (χ0v) is 28.5. The fourth-order valence-corrected chi connectivity index (χ4v) is 12.1. The first kappa shape index (κ1) is 28.6. The minimum Gasteiger partial charge on any atom is -0.309 e. The van der Waals surface area contributed by atoms with E-state index in [-0.39, 0.29) is 0 Å². The van der Waals surface area contributed by atoms with E-state index < -0.39 is 7.14 Å². The van der Waals surface area contributed by atoms with Crippen LogP contribution in [-0.4, -0.2) is 4.57 Å². The molecule has 0 saturated carbocycles. The summed E-state index contributed by atoms with van der Waals surface area (Å²) < 4.78 is 18.7. The van der Waals surface area contributed by atoms with Gasteiger partial charge in [-0.2, -0.15) is 0 Å². The smallest absolute Gasteiger partial charge is 0.174 e. The highest BCUT2D eigenvalue weighted by molar-refractivity contribution is 7.86. The Hall–Kier alpha value is -6.21. The molecule has 1 atom stereocenters. The molecule has 1 aliphatic rings. The largest absolute Gasteiger partial charge is 0.309 e. The summed E-state index contributed by atoms with van der Waals surface area (Å²) in [5.74, 6) is 0. The van der Waals surface area contributed by atoms with Gasteiger partial charge < -0.3 is 9.13 Å². The predicted octanol–water partition coefficient (Wildman–Crippen LogP) is 11.5. The highest BCUT2D eigenvalue weighted by Crippen LogP contribution is 2.55. The van der Waals surface area contributed by atoms with Crippen molar-refractivity contribution in [3.05, 3.63) is 182 Å². The number of fused-ring (bicyclic) bond motifs is 10. The van der Waals surface area contributed by atoms with Gasteiger partial charge in [0.2, 0.25) is 0 Å². The molecular weight excluding hydrogens is 638 g/mol. The van der Waals surface area contributed by atoms with Crippen molar-refractivity contribution in [3.8, 4) is 27.9 Å². The van der Waals surface area contributed by atoms with Gasteiger partial charge in [-0.15, -0.1) is 0 Å². The lowest BCUT2D eigenvalue weighted by molar-refractivity contribution is 0.593. The summed E-state index contributed by atoms with van der Waals surface area (Å²) in [6, 6.07) is 64.5. The van der Waals surface area contributed by atoms with Crippen LogP contribution in [0.2, 0.25) is 0 Å². The molecule has 51 heavy (non-hydrogen) atoms. The summed E-state index contributed by atoms with van der Waals surface area (Å²) in [5, 5.41) is 12.1. The second-order valence-corrected chi connectivity index (χ2v) is 16.2. The summed E-state index contributed by atoms with van der Waals surface area (Å²) >= 11 is 0. The summed E-state index contributed by atoms with van der Waals surface area (Å²) in [4.78, 5) is 0. The van der Waals surface area contributed by atoms with Crippen LogP contribution in [0, 0.1) is 0 Å². The van der Waals surface area contributed by atoms with E-state index >= 15 is 4.57 Å². The Bertz CT molecular complexity index is 3060. The topological polar surface area (TPSA) is 22.0 Å². The van der Waals surface area contributed by atoms with Gasteiger partial charge in [-0.25, -0.2) is 0 Å². The van der Waals surface area contributed by atoms with Crippen molar-refractivity contribution in [2.75, 3.05) is 0 Å². The lowest BCUT2D eigenvalue weighted by Crippen LogP contribution is -2.22. The third-order valence-corrected chi connectivity index (χ3v) is 14.1. The van der Waals surface area contributed by atoms with Gasteiger partial charge in [-0.05, 0) is 49.9 Å². The molecule has 10 aromatic rings. The molecule has 0 aliphatic carbocycles. The van der Waals surface area contributed by atoms with Crippen LogP contribution in [0.5, 0.6) is 0 Å². The molecule has 3 heteroatoms. The predicted molar refractivity (Wildman–Crippen MR) is 217 cm³/mol. The molecule has 0 bridgehead atoms. The number of benzene rings is 9. The average Bonchev–Trinajstić information content (AvgIpc) is 3.67. The Labute approximate surface area is 295 Å². The second kappa shape index (κ2) is 10.6. The lowest BCUT2D eigenvalue weighted by Gasteiger charge is -2.22. The fraction of sp³-hybridized carbons (Fsp3) is 0. The van der Waals surface area contributed by atoms with Gasteiger partial charge in [-0.3, -0.25) is 0 Å². The van der Waals surface area contributed by atoms with Crippen molar-refractivity contribution >= 4 is 77.2 Å². The van der Waals surface area contributed by atoms with Crippen molar-refractivity contribution in [1.82, 2.24) is 4.57 Å². The molecule has 0 amide bonds. The SMILES string of the molecule is O=P1(c2ccccc2)c2ccccc2-c2ccc3c4ccccc4n(-c4c5ccccc5c(-c5cccc6ccccc56)c5ccccc45)c3c21. The molecule has 9 aromatic carbocycles. The van der Waals surface area contributed by atoms with Gasteiger partial charge in [0.25, 0.3) is 0 Å². The highest BCUT2D eigenvalue weighted by atomic mass is 31.2. The number of rotatable bonds is 3. The molecule has 2 nitrogen and oxygen atoms in total. The molecule has 0 radical (unpaired) electrons. The fourth-order valence-electron chi connectivity index (χ4n) is 8.89. The lowest BCUT2D eigenvalue weighted by atomic mass is 9.88. The Balaban J connectivity index is 1.36. The molecular formula is C48H30NOP. The second-order valence-electron chi connectivity index (χ2n) is 13.5. The monoisotopic (exact) mass is 667 g/mol. The van der Waals surface area contributed by atoms with E-state index in [1.54, 1.807) is 0 Å². The maximum absolute atomic E-state index is 16.2. The van der Waals surface area contributed by atoms with Crippen molar-refractivity contribution in [3.63, 3.8) is 0 Å². The zero-order chi connectivity index (χ0) is 33.7. The van der Waals surface area contributed by atoms with Gasteiger partial charge in [0, 0.05) is 32.2 Å². The van der Waals surface area contributed by atoms with Gasteiger partial charge in [0.15, 0.2) is 7.14 Å². The van der Waals surface area contributed by atoms with Crippen LogP contribution in [0.25, 0.3) is 82.1 Å². The van der Waals surface area contributed by atoms with Crippen LogP contribution >= 0.6 is 7.14 Å². The maximum Gasteiger partial charge on any atom is 0.174 e. The van der Waals surface area contributed by atoms with Crippen molar-refractivity contribution in [2.45, 2.75) is 0 Å². The summed E-state index contributed by atoms with van der Waals surface area (Å²) in [6.07, 6.45) is 0. The Morgan fingerprint density at radius 2 is 0.961 bits per heavy atom. The average molecular weight is 668 g/mol. The molecule has 11 rings (SSSR count). The van der Waals surface area contributed by atoms with Crippen LogP contribution in [-0.2, 0) is 4.57 Å². The normalized spacial score (nSPS) is 15.2. The summed E-state index contributed by atoms with van der Waals surface area (Å²) in [6.45, 7) is 0. The first-order valence-corrected chi connectivity index (χ1v) is 19.2. The van der Waals surface area contributed by atoms with E-state index in [4.69, 9.17) is 0 Å². The number of hydrogen-bond donors (Lipinski definition) is 0. The molecule has 0 spiro atoms. The first-order chi connectivity index (χ1) is 25.2. The standard InChI is InChI=1S/C48H30NOP/c50-51(32-17-2-1-3-18-32)44-28-13-11-21-35(44)42-30-29-41-34-20-10-12-27-43(34)49(47(41)48(42)51)46-39-24-8-6-22-37(39)45(38-23-7-9-25-40(38)46)36-26-14-16-31-15-4-5-19-33(31)36/h1-30H. The van der Waals surface area contributed by atoms with Gasteiger partial charge in [0.1, 0.15) is 0 Å². The minimum atomic E-state index is -3.28. The van der Waals surface area contributed by atoms with Crippen molar-refractivity contribution in [1.29, 1.82) is 0 Å². The van der Waals surface area contributed by atoms with Gasteiger partial charge >= 0.3 is 0 Å². The van der Waals surface area contributed by atoms with Crippen LogP contribution in [0.1, 0.15) is 0 Å². The van der Waals surface area contributed by atoms with Crippen LogP contribution in [0.4, 0.5) is 0 Å². The number of nitrogens with zero attached hydrogens (tertiary/aromatic N) is 1. The molecule has 1 unspecified atom stereocenters. The molecule has 1 aliphatic heterocycles. The van der Waals surface area contributed by atoms with Crippen LogP contribution in [0.15, 0.2) is 182 Å². The number of aromatic nitrogens is 1. The highest BCUT2D eigenvalue weighted by Gasteiger charge is 2.43. The molecule has 0 saturated heterocycles. The number of hydrogen-bond acceptors (Lipinski definition) is 1. The Kier molecular flexibility index (Phi) is 5.97. The summed E-state index contributed by atoms with van der Waals surface area (Å²) in [5.41, 5.74) is 7.79. The van der Waals surface area contributed by atoms with E-state index in [2.05, 4.69) is 150 Å². The van der Waals surface area contributed by atoms with Gasteiger partial charge in [0.05, 0.1) is 22.0 Å². The van der Waals surface area contributed by atoms with Crippen molar-refractivity contribution in [2.24, 2.45) is 0 Å². The first-order valence-electron chi connectivity index (χ1n) is 17.5.